The number of anilines is 2. The highest BCUT2D eigenvalue weighted by Crippen LogP contribution is 2.43. The first-order valence-corrected chi connectivity index (χ1v) is 11.8. The van der Waals surface area contributed by atoms with Gasteiger partial charge in [-0.25, -0.2) is 4.98 Å². The number of rotatable bonds is 5. The van der Waals surface area contributed by atoms with E-state index in [4.69, 9.17) is 20.2 Å². The number of carbonyl (C=O) groups is 1. The van der Waals surface area contributed by atoms with Gasteiger partial charge in [0.05, 0.1) is 25.2 Å². The van der Waals surface area contributed by atoms with E-state index in [-0.39, 0.29) is 11.3 Å². The predicted octanol–water partition coefficient (Wildman–Crippen LogP) is 3.39. The second-order valence-electron chi connectivity index (χ2n) is 9.07. The molecule has 2 aliphatic rings. The summed E-state index contributed by atoms with van der Waals surface area (Å²) in [4.78, 5) is 27.2. The molecule has 0 spiro atoms. The van der Waals surface area contributed by atoms with Gasteiger partial charge in [0.25, 0.3) is 0 Å². The summed E-state index contributed by atoms with van der Waals surface area (Å²) in [5.74, 6) is 2.41. The van der Waals surface area contributed by atoms with Gasteiger partial charge >= 0.3 is 0 Å². The minimum atomic E-state index is -0.386. The van der Waals surface area contributed by atoms with Crippen LogP contribution in [-0.4, -0.2) is 61.2 Å². The zero-order valence-corrected chi connectivity index (χ0v) is 19.8. The quantitative estimate of drug-likeness (QED) is 0.622. The maximum absolute atomic E-state index is 13.8. The lowest BCUT2D eigenvalue weighted by Gasteiger charge is -2.40. The van der Waals surface area contributed by atoms with Gasteiger partial charge in [-0.1, -0.05) is 43.2 Å². The summed E-state index contributed by atoms with van der Waals surface area (Å²) < 4.78 is 10.8. The predicted molar refractivity (Wildman–Crippen MR) is 132 cm³/mol. The summed E-state index contributed by atoms with van der Waals surface area (Å²) in [5, 5.41) is 0.723. The van der Waals surface area contributed by atoms with Crippen molar-refractivity contribution in [3.8, 4) is 11.5 Å². The topological polar surface area (TPSA) is 93.8 Å². The van der Waals surface area contributed by atoms with E-state index in [2.05, 4.69) is 22.0 Å². The molecule has 8 heteroatoms. The van der Waals surface area contributed by atoms with Crippen LogP contribution < -0.4 is 20.1 Å². The number of benzene rings is 2. The number of nitrogens with zero attached hydrogens (tertiary/aromatic N) is 4. The molecule has 0 bridgehead atoms. The van der Waals surface area contributed by atoms with E-state index in [0.717, 1.165) is 36.6 Å². The zero-order valence-electron chi connectivity index (χ0n) is 19.8. The fraction of sp³-hybridized carbons (Fsp3) is 0.423. The Morgan fingerprint density at radius 1 is 0.941 bits per heavy atom. The van der Waals surface area contributed by atoms with E-state index in [1.54, 1.807) is 20.3 Å². The van der Waals surface area contributed by atoms with Crippen LogP contribution in [0.3, 0.4) is 0 Å². The number of piperazine rings is 1. The van der Waals surface area contributed by atoms with Gasteiger partial charge < -0.3 is 25.0 Å². The zero-order chi connectivity index (χ0) is 23.7. The van der Waals surface area contributed by atoms with Crippen molar-refractivity contribution in [2.75, 3.05) is 51.0 Å². The molecule has 2 heterocycles. The number of nitrogen functional groups attached to an aromatic ring is 1. The van der Waals surface area contributed by atoms with Crippen LogP contribution in [0.1, 0.15) is 31.2 Å². The van der Waals surface area contributed by atoms with Gasteiger partial charge in [0.2, 0.25) is 11.9 Å². The number of amides is 1. The lowest BCUT2D eigenvalue weighted by molar-refractivity contribution is -0.137. The summed E-state index contributed by atoms with van der Waals surface area (Å²) >= 11 is 0. The first-order chi connectivity index (χ1) is 16.6. The molecule has 1 amide bonds. The molecule has 178 valence electrons. The van der Waals surface area contributed by atoms with Crippen molar-refractivity contribution >= 4 is 28.6 Å². The first-order valence-electron chi connectivity index (χ1n) is 11.8. The molecule has 0 atom stereocenters. The second kappa shape index (κ2) is 9.00. The number of nitrogens with two attached hydrogens (primary N) is 1. The van der Waals surface area contributed by atoms with Crippen molar-refractivity contribution in [2.24, 2.45) is 0 Å². The molecule has 2 N–H and O–H groups in total. The largest absolute Gasteiger partial charge is 0.493 e. The van der Waals surface area contributed by atoms with Crippen LogP contribution in [0.2, 0.25) is 0 Å². The van der Waals surface area contributed by atoms with Gasteiger partial charge in [0.15, 0.2) is 11.5 Å². The Labute approximate surface area is 199 Å². The average Bonchev–Trinajstić information content (AvgIpc) is 3.39. The van der Waals surface area contributed by atoms with Crippen LogP contribution >= 0.6 is 0 Å². The Balaban J connectivity index is 1.35. The molecule has 1 aromatic heterocycles. The number of ether oxygens (including phenoxy) is 2. The molecular formula is C26H31N5O3. The van der Waals surface area contributed by atoms with Crippen LogP contribution in [-0.2, 0) is 10.2 Å². The summed E-state index contributed by atoms with van der Waals surface area (Å²) in [7, 11) is 3.18. The lowest BCUT2D eigenvalue weighted by atomic mass is 9.77. The molecule has 2 fully saturated rings. The average molecular weight is 462 g/mol. The third kappa shape index (κ3) is 3.77. The maximum atomic E-state index is 13.8. The third-order valence-corrected chi connectivity index (χ3v) is 7.26. The van der Waals surface area contributed by atoms with Crippen LogP contribution in [0.5, 0.6) is 11.5 Å². The van der Waals surface area contributed by atoms with Gasteiger partial charge in [0.1, 0.15) is 5.82 Å². The highest BCUT2D eigenvalue weighted by molar-refractivity contribution is 5.92. The SMILES string of the molecule is COc1cc2nc(N3CCN(C(=O)C4(c5ccccc5)CCCC4)CC3)nc(N)c2cc1OC. The smallest absolute Gasteiger partial charge is 0.233 e. The molecule has 1 saturated carbocycles. The van der Waals surface area contributed by atoms with Gasteiger partial charge in [-0.2, -0.15) is 4.98 Å². The Bertz CT molecular complexity index is 1190. The van der Waals surface area contributed by atoms with E-state index >= 15 is 0 Å². The van der Waals surface area contributed by atoms with Gasteiger partial charge in [-0.05, 0) is 24.5 Å². The first kappa shape index (κ1) is 22.3. The fourth-order valence-corrected chi connectivity index (χ4v) is 5.38. The molecule has 1 aliphatic heterocycles. The Hall–Kier alpha value is -3.55. The molecule has 0 radical (unpaired) electrons. The van der Waals surface area contributed by atoms with Crippen LogP contribution in [0.15, 0.2) is 42.5 Å². The van der Waals surface area contributed by atoms with Crippen LogP contribution in [0.4, 0.5) is 11.8 Å². The van der Waals surface area contributed by atoms with E-state index in [9.17, 15) is 4.79 Å². The number of fused-ring (bicyclic) bond motifs is 1. The van der Waals surface area contributed by atoms with Gasteiger partial charge in [-0.3, -0.25) is 4.79 Å². The fourth-order valence-electron chi connectivity index (χ4n) is 5.38. The van der Waals surface area contributed by atoms with Crippen molar-refractivity contribution in [1.29, 1.82) is 0 Å². The van der Waals surface area contributed by atoms with Crippen molar-refractivity contribution in [3.05, 3.63) is 48.0 Å². The van der Waals surface area contributed by atoms with Crippen molar-refractivity contribution in [3.63, 3.8) is 0 Å². The van der Waals surface area contributed by atoms with Crippen molar-refractivity contribution in [1.82, 2.24) is 14.9 Å². The van der Waals surface area contributed by atoms with E-state index in [1.165, 1.54) is 0 Å². The van der Waals surface area contributed by atoms with E-state index in [0.29, 0.717) is 55.0 Å². The number of carbonyl (C=O) groups excluding carboxylic acids is 1. The number of hydrogen-bond acceptors (Lipinski definition) is 7. The lowest BCUT2D eigenvalue weighted by Crippen LogP contribution is -2.54. The normalized spacial score (nSPS) is 17.7. The standard InChI is InChI=1S/C26H31N5O3/c1-33-21-16-19-20(17-22(21)34-2)28-25(29-23(19)27)31-14-12-30(13-15-31)24(32)26(10-6-7-11-26)18-8-4-3-5-9-18/h3-5,8-9,16-17H,6-7,10-15H2,1-2H3,(H2,27,28,29). The number of aromatic nitrogens is 2. The molecule has 1 aliphatic carbocycles. The summed E-state index contributed by atoms with van der Waals surface area (Å²) in [5.41, 5.74) is 7.74. The van der Waals surface area contributed by atoms with E-state index in [1.807, 2.05) is 29.2 Å². The maximum Gasteiger partial charge on any atom is 0.233 e. The summed E-state index contributed by atoms with van der Waals surface area (Å²) in [6.07, 6.45) is 4.04. The number of methoxy groups -OCH3 is 2. The minimum absolute atomic E-state index is 0.256. The molecular weight excluding hydrogens is 430 g/mol. The van der Waals surface area contributed by atoms with Crippen molar-refractivity contribution in [2.45, 2.75) is 31.1 Å². The highest BCUT2D eigenvalue weighted by Gasteiger charge is 2.45. The summed E-state index contributed by atoms with van der Waals surface area (Å²) in [6, 6.07) is 13.9. The molecule has 3 aromatic rings. The monoisotopic (exact) mass is 461 g/mol. The molecule has 1 saturated heterocycles. The van der Waals surface area contributed by atoms with Gasteiger partial charge in [0, 0.05) is 37.6 Å². The molecule has 34 heavy (non-hydrogen) atoms. The molecule has 0 unspecified atom stereocenters. The van der Waals surface area contributed by atoms with Crippen LogP contribution in [0.25, 0.3) is 10.9 Å². The molecule has 8 nitrogen and oxygen atoms in total. The van der Waals surface area contributed by atoms with E-state index < -0.39 is 0 Å². The van der Waals surface area contributed by atoms with Gasteiger partial charge in [-0.15, -0.1) is 0 Å². The Morgan fingerprint density at radius 3 is 2.24 bits per heavy atom. The molecule has 5 rings (SSSR count). The van der Waals surface area contributed by atoms with Crippen LogP contribution in [0, 0.1) is 0 Å². The highest BCUT2D eigenvalue weighted by atomic mass is 16.5. The molecule has 2 aromatic carbocycles. The van der Waals surface area contributed by atoms with Crippen molar-refractivity contribution < 1.29 is 14.3 Å². The number of hydrogen-bond donors (Lipinski definition) is 1. The second-order valence-corrected chi connectivity index (χ2v) is 9.07. The summed E-state index contributed by atoms with van der Waals surface area (Å²) in [6.45, 7) is 2.60. The minimum Gasteiger partial charge on any atom is -0.493 e. The third-order valence-electron chi connectivity index (χ3n) is 7.26. The Morgan fingerprint density at radius 2 is 1.59 bits per heavy atom. The Kier molecular flexibility index (Phi) is 5.89.